The first-order valence-corrected chi connectivity index (χ1v) is 16.7. The van der Waals surface area contributed by atoms with E-state index in [-0.39, 0.29) is 30.9 Å². The summed E-state index contributed by atoms with van der Waals surface area (Å²) in [5.41, 5.74) is 5.30. The van der Waals surface area contributed by atoms with Crippen molar-refractivity contribution in [2.75, 3.05) is 0 Å². The van der Waals surface area contributed by atoms with Gasteiger partial charge in [0.05, 0.1) is 22.6 Å². The first-order chi connectivity index (χ1) is 22.7. The minimum absolute atomic E-state index is 0. The number of para-hydroxylation sites is 3. The Morgan fingerprint density at radius 1 is 0.729 bits per heavy atom. The average molecular weight is 818 g/mol. The van der Waals surface area contributed by atoms with Crippen LogP contribution in [0, 0.1) is 16.9 Å². The van der Waals surface area contributed by atoms with Crippen molar-refractivity contribution in [3.05, 3.63) is 103 Å². The number of rotatable bonds is 8. The number of pyridine rings is 1. The van der Waals surface area contributed by atoms with Crippen molar-refractivity contribution < 1.29 is 38.8 Å². The van der Waals surface area contributed by atoms with Gasteiger partial charge in [-0.25, -0.2) is 0 Å². The SMILES string of the molecule is CCC(C)(CC)C(=[OH+])/C=C(\O)C(C)(CC)CC.[Ir].[c-]1ccc2c(oc3ccccc32)c1-c1nc2ccccc2c2c1oc1ccccc12. The Morgan fingerprint density at radius 3 is 1.92 bits per heavy atom. The van der Waals surface area contributed by atoms with Crippen LogP contribution < -0.4 is 0 Å². The maximum Gasteiger partial charge on any atom is 0.325 e. The van der Waals surface area contributed by atoms with E-state index in [1.807, 2.05) is 80.6 Å². The Bertz CT molecular complexity index is 2270. The zero-order valence-electron chi connectivity index (χ0n) is 28.5. The van der Waals surface area contributed by atoms with E-state index < -0.39 is 0 Å². The molecule has 7 rings (SSSR count). The molecule has 0 aliphatic heterocycles. The molecular weight excluding hydrogens is 775 g/mol. The summed E-state index contributed by atoms with van der Waals surface area (Å²) in [4.78, 5) is 15.2. The van der Waals surface area contributed by atoms with Gasteiger partial charge in [0.25, 0.3) is 0 Å². The molecule has 249 valence electrons. The number of hydrogen-bond acceptors (Lipinski definition) is 4. The van der Waals surface area contributed by atoms with Crippen LogP contribution >= 0.6 is 0 Å². The quantitative estimate of drug-likeness (QED) is 0.0717. The topological polar surface area (TPSA) is 80.8 Å². The molecule has 0 amide bonds. The van der Waals surface area contributed by atoms with E-state index in [0.717, 1.165) is 91.7 Å². The van der Waals surface area contributed by atoms with Crippen LogP contribution in [0.2, 0.25) is 0 Å². The molecule has 0 bridgehead atoms. The summed E-state index contributed by atoms with van der Waals surface area (Å²) in [7, 11) is 0. The van der Waals surface area contributed by atoms with Crippen LogP contribution in [0.25, 0.3) is 66.0 Å². The molecule has 0 aliphatic carbocycles. The van der Waals surface area contributed by atoms with Crippen molar-refractivity contribution in [1.29, 1.82) is 0 Å². The summed E-state index contributed by atoms with van der Waals surface area (Å²) in [6.45, 7) is 12.3. The monoisotopic (exact) mass is 818 g/mol. The molecule has 0 atom stereocenters. The van der Waals surface area contributed by atoms with E-state index in [1.54, 1.807) is 6.08 Å². The number of carbonyl (C=O) groups excluding carboxylic acids is 1. The maximum absolute atomic E-state index is 10.2. The second kappa shape index (κ2) is 14.1. The van der Waals surface area contributed by atoms with E-state index in [1.165, 1.54) is 0 Å². The summed E-state index contributed by atoms with van der Waals surface area (Å²) >= 11 is 0. The maximum atomic E-state index is 10.2. The predicted molar refractivity (Wildman–Crippen MR) is 196 cm³/mol. The molecule has 7 aromatic rings. The number of aliphatic hydroxyl groups excluding tert-OH is 1. The first kappa shape index (κ1) is 35.1. The minimum Gasteiger partial charge on any atom is -0.511 e. The molecule has 0 saturated heterocycles. The molecule has 0 saturated carbocycles. The van der Waals surface area contributed by atoms with Crippen molar-refractivity contribution >= 4 is 60.6 Å². The van der Waals surface area contributed by atoms with Crippen LogP contribution in [0.15, 0.2) is 106 Å². The number of fused-ring (bicyclic) bond motifs is 8. The molecule has 6 heteroatoms. The van der Waals surface area contributed by atoms with E-state index in [2.05, 4.69) is 52.0 Å². The van der Waals surface area contributed by atoms with Gasteiger partial charge in [0.2, 0.25) is 0 Å². The molecule has 1 radical (unpaired) electrons. The van der Waals surface area contributed by atoms with Crippen molar-refractivity contribution in [3.63, 3.8) is 0 Å². The third kappa shape index (κ3) is 6.08. The number of aromatic nitrogens is 1. The van der Waals surface area contributed by atoms with Gasteiger partial charge in [-0.15, -0.1) is 18.2 Å². The van der Waals surface area contributed by atoms with Crippen molar-refractivity contribution in [3.8, 4) is 11.3 Å². The van der Waals surface area contributed by atoms with Crippen molar-refractivity contribution in [2.45, 2.75) is 67.2 Å². The summed E-state index contributed by atoms with van der Waals surface area (Å²) < 4.78 is 12.6. The zero-order valence-corrected chi connectivity index (χ0v) is 30.9. The van der Waals surface area contributed by atoms with Gasteiger partial charge in [-0.05, 0) is 50.8 Å². The molecular formula is C42H43IrNO4. The molecule has 0 aliphatic rings. The molecule has 0 unspecified atom stereocenters. The van der Waals surface area contributed by atoms with Gasteiger partial charge in [0.1, 0.15) is 22.5 Å². The van der Waals surface area contributed by atoms with E-state index >= 15 is 0 Å². The third-order valence-corrected chi connectivity index (χ3v) is 10.4. The number of benzene rings is 4. The fraction of sp³-hybridized carbons (Fsp3) is 0.286. The van der Waals surface area contributed by atoms with Gasteiger partial charge in [-0.2, -0.15) is 0 Å². The average Bonchev–Trinajstić information content (AvgIpc) is 3.70. The normalized spacial score (nSPS) is 12.4. The minimum atomic E-state index is -0.226. The fourth-order valence-corrected chi connectivity index (χ4v) is 6.17. The van der Waals surface area contributed by atoms with E-state index in [9.17, 15) is 9.90 Å². The predicted octanol–water partition coefficient (Wildman–Crippen LogP) is 12.1. The molecule has 3 heterocycles. The second-order valence-corrected chi connectivity index (χ2v) is 12.9. The summed E-state index contributed by atoms with van der Waals surface area (Å²) in [6, 6.07) is 31.8. The Hall–Kier alpha value is -4.25. The second-order valence-electron chi connectivity index (χ2n) is 12.9. The van der Waals surface area contributed by atoms with E-state index in [0.29, 0.717) is 11.5 Å². The summed E-state index contributed by atoms with van der Waals surface area (Å²) in [5, 5.41) is 15.6. The molecule has 0 fully saturated rings. The number of ketones is 1. The fourth-order valence-electron chi connectivity index (χ4n) is 6.17. The van der Waals surface area contributed by atoms with Gasteiger partial charge in [-0.1, -0.05) is 100 Å². The Labute approximate surface area is 295 Å². The van der Waals surface area contributed by atoms with Crippen molar-refractivity contribution in [1.82, 2.24) is 4.98 Å². The number of furan rings is 2. The zero-order chi connectivity index (χ0) is 33.3. The Morgan fingerprint density at radius 2 is 1.27 bits per heavy atom. The first-order valence-electron chi connectivity index (χ1n) is 16.7. The van der Waals surface area contributed by atoms with Gasteiger partial charge in [0.15, 0.2) is 0 Å². The van der Waals surface area contributed by atoms with Crippen LogP contribution in [0.3, 0.4) is 0 Å². The van der Waals surface area contributed by atoms with Gasteiger partial charge < -0.3 is 13.9 Å². The van der Waals surface area contributed by atoms with Crippen LogP contribution in [-0.2, 0) is 20.1 Å². The Kier molecular flexibility index (Phi) is 10.3. The number of allylic oxidation sites excluding steroid dienone is 2. The molecule has 0 spiro atoms. The van der Waals surface area contributed by atoms with Gasteiger partial charge >= 0.3 is 5.78 Å². The summed E-state index contributed by atoms with van der Waals surface area (Å²) in [6.07, 6.45) is 5.05. The third-order valence-electron chi connectivity index (χ3n) is 10.4. The van der Waals surface area contributed by atoms with Crippen LogP contribution in [-0.4, -0.2) is 20.7 Å². The van der Waals surface area contributed by atoms with Crippen LogP contribution in [0.1, 0.15) is 67.2 Å². The standard InChI is InChI=1S/C27H14NO2.C15H28O2.Ir/c1-4-13-21-18(9-1)24-19-10-3-6-15-23(19)30-27(24)25(28-21)20-12-7-11-17-16-8-2-5-14-22(16)29-26(17)20;1-7-14(5,8-2)12(16)11-13(17)15(6,9-3)10-4;/h1-11,13-15H;11,16H,7-10H2,1-6H3;/q-1;;/p+1/b;12-11-;. The Balaban J connectivity index is 0.000000218. The summed E-state index contributed by atoms with van der Waals surface area (Å²) in [5.74, 6) is 0.598. The van der Waals surface area contributed by atoms with Crippen LogP contribution in [0.5, 0.6) is 0 Å². The smallest absolute Gasteiger partial charge is 0.325 e. The molecule has 4 aromatic carbocycles. The number of aliphatic hydroxyl groups is 1. The van der Waals surface area contributed by atoms with Gasteiger partial charge in [-0.3, -0.25) is 9.78 Å². The molecule has 2 N–H and O–H groups in total. The number of hydrogen-bond donors (Lipinski definition) is 1. The number of nitrogens with zero attached hydrogens (tertiary/aromatic N) is 1. The molecule has 3 aromatic heterocycles. The largest absolute Gasteiger partial charge is 0.511 e. The van der Waals surface area contributed by atoms with Crippen molar-refractivity contribution in [2.24, 2.45) is 10.8 Å². The van der Waals surface area contributed by atoms with E-state index in [4.69, 9.17) is 13.8 Å². The molecule has 5 nitrogen and oxygen atoms in total. The van der Waals surface area contributed by atoms with Crippen LogP contribution in [0.4, 0.5) is 0 Å². The molecule has 48 heavy (non-hydrogen) atoms. The van der Waals surface area contributed by atoms with Gasteiger partial charge in [0, 0.05) is 52.8 Å².